The molecule has 1 unspecified atom stereocenters. The lowest BCUT2D eigenvalue weighted by atomic mass is 9.94. The van der Waals surface area contributed by atoms with Crippen LogP contribution in [0.25, 0.3) is 0 Å². The summed E-state index contributed by atoms with van der Waals surface area (Å²) in [6.45, 7) is 0.700. The number of thiophene rings is 1. The van der Waals surface area contributed by atoms with E-state index in [0.29, 0.717) is 12.5 Å². The van der Waals surface area contributed by atoms with Gasteiger partial charge in [-0.15, -0.1) is 11.3 Å². The van der Waals surface area contributed by atoms with Crippen molar-refractivity contribution in [2.24, 2.45) is 5.73 Å². The minimum atomic E-state index is 0.405. The normalized spacial score (nSPS) is 12.6. The predicted octanol–water partition coefficient (Wildman–Crippen LogP) is 3.88. The minimum Gasteiger partial charge on any atom is -0.330 e. The van der Waals surface area contributed by atoms with E-state index >= 15 is 0 Å². The summed E-state index contributed by atoms with van der Waals surface area (Å²) in [6, 6.07) is 12.3. The number of hydrogen-bond acceptors (Lipinski definition) is 2. The van der Waals surface area contributed by atoms with Crippen LogP contribution in [-0.2, 0) is 0 Å². The Labute approximate surface area is 105 Å². The molecule has 0 radical (unpaired) electrons. The topological polar surface area (TPSA) is 26.0 Å². The van der Waals surface area contributed by atoms with E-state index in [-0.39, 0.29) is 0 Å². The van der Waals surface area contributed by atoms with E-state index < -0.39 is 0 Å². The molecule has 2 N–H and O–H groups in total. The first kappa shape index (κ1) is 11.6. The highest BCUT2D eigenvalue weighted by Crippen LogP contribution is 2.31. The molecule has 2 rings (SSSR count). The highest BCUT2D eigenvalue weighted by molar-refractivity contribution is 7.10. The summed E-state index contributed by atoms with van der Waals surface area (Å²) in [6.07, 6.45) is 0.974. The van der Waals surface area contributed by atoms with Crippen LogP contribution in [0.2, 0.25) is 5.02 Å². The maximum absolute atomic E-state index is 5.90. The SMILES string of the molecule is NCCC(c1ccc(Cl)cc1)c1cccs1. The summed E-state index contributed by atoms with van der Waals surface area (Å²) in [5.41, 5.74) is 6.97. The van der Waals surface area contributed by atoms with Gasteiger partial charge in [-0.05, 0) is 42.1 Å². The molecule has 0 bridgehead atoms. The zero-order valence-corrected chi connectivity index (χ0v) is 10.5. The van der Waals surface area contributed by atoms with Crippen molar-refractivity contribution in [1.29, 1.82) is 0 Å². The Morgan fingerprint density at radius 3 is 2.50 bits per heavy atom. The Morgan fingerprint density at radius 2 is 1.94 bits per heavy atom. The molecule has 0 amide bonds. The van der Waals surface area contributed by atoms with E-state index in [1.54, 1.807) is 11.3 Å². The van der Waals surface area contributed by atoms with Crippen LogP contribution >= 0.6 is 22.9 Å². The molecule has 0 spiro atoms. The summed E-state index contributed by atoms with van der Waals surface area (Å²) in [7, 11) is 0. The summed E-state index contributed by atoms with van der Waals surface area (Å²) >= 11 is 7.68. The van der Waals surface area contributed by atoms with Crippen LogP contribution in [0.1, 0.15) is 22.8 Å². The second kappa shape index (κ2) is 5.48. The van der Waals surface area contributed by atoms with Gasteiger partial charge in [-0.3, -0.25) is 0 Å². The third-order valence-corrected chi connectivity index (χ3v) is 3.85. The van der Waals surface area contributed by atoms with Crippen LogP contribution in [-0.4, -0.2) is 6.54 Å². The van der Waals surface area contributed by atoms with Crippen molar-refractivity contribution < 1.29 is 0 Å². The molecule has 1 heterocycles. The van der Waals surface area contributed by atoms with Crippen molar-refractivity contribution in [3.63, 3.8) is 0 Å². The zero-order valence-electron chi connectivity index (χ0n) is 8.90. The molecular formula is C13H14ClNS. The molecule has 1 aromatic heterocycles. The zero-order chi connectivity index (χ0) is 11.4. The fourth-order valence-electron chi connectivity index (χ4n) is 1.82. The predicted molar refractivity (Wildman–Crippen MR) is 71.3 cm³/mol. The lowest BCUT2D eigenvalue weighted by Gasteiger charge is -2.14. The second-order valence-corrected chi connectivity index (χ2v) is 5.11. The van der Waals surface area contributed by atoms with Crippen LogP contribution in [0.4, 0.5) is 0 Å². The van der Waals surface area contributed by atoms with Gasteiger partial charge in [-0.1, -0.05) is 29.8 Å². The van der Waals surface area contributed by atoms with Crippen molar-refractivity contribution in [3.8, 4) is 0 Å². The van der Waals surface area contributed by atoms with Gasteiger partial charge in [0.15, 0.2) is 0 Å². The Hall–Kier alpha value is -0.830. The van der Waals surface area contributed by atoms with Crippen LogP contribution in [0.3, 0.4) is 0 Å². The third-order valence-electron chi connectivity index (χ3n) is 2.61. The monoisotopic (exact) mass is 251 g/mol. The van der Waals surface area contributed by atoms with Gasteiger partial charge in [0.1, 0.15) is 0 Å². The number of nitrogens with two attached hydrogens (primary N) is 1. The maximum atomic E-state index is 5.90. The number of rotatable bonds is 4. The standard InChI is InChI=1S/C13H14ClNS/c14-11-5-3-10(4-6-11)12(7-8-15)13-2-1-9-16-13/h1-6,9,12H,7-8,15H2. The second-order valence-electron chi connectivity index (χ2n) is 3.70. The lowest BCUT2D eigenvalue weighted by molar-refractivity contribution is 0.737. The van der Waals surface area contributed by atoms with E-state index in [4.69, 9.17) is 17.3 Å². The molecule has 0 aliphatic rings. The van der Waals surface area contributed by atoms with Crippen molar-refractivity contribution in [3.05, 3.63) is 57.2 Å². The van der Waals surface area contributed by atoms with Gasteiger partial charge in [0.2, 0.25) is 0 Å². The first-order valence-corrected chi connectivity index (χ1v) is 6.56. The van der Waals surface area contributed by atoms with Crippen molar-refractivity contribution in [2.45, 2.75) is 12.3 Å². The Balaban J connectivity index is 2.29. The van der Waals surface area contributed by atoms with Crippen LogP contribution in [0.5, 0.6) is 0 Å². The molecule has 0 aliphatic heterocycles. The maximum Gasteiger partial charge on any atom is 0.0406 e. The van der Waals surface area contributed by atoms with Crippen LogP contribution < -0.4 is 5.73 Å². The van der Waals surface area contributed by atoms with E-state index in [9.17, 15) is 0 Å². The number of benzene rings is 1. The van der Waals surface area contributed by atoms with Crippen LogP contribution in [0, 0.1) is 0 Å². The molecule has 1 nitrogen and oxygen atoms in total. The van der Waals surface area contributed by atoms with Gasteiger partial charge in [0.05, 0.1) is 0 Å². The molecule has 0 aliphatic carbocycles. The van der Waals surface area contributed by atoms with Crippen molar-refractivity contribution >= 4 is 22.9 Å². The van der Waals surface area contributed by atoms with E-state index in [1.165, 1.54) is 10.4 Å². The summed E-state index contributed by atoms with van der Waals surface area (Å²) < 4.78 is 0. The molecule has 1 aromatic carbocycles. The van der Waals surface area contributed by atoms with E-state index in [0.717, 1.165) is 11.4 Å². The Morgan fingerprint density at radius 1 is 1.19 bits per heavy atom. The molecule has 1 atom stereocenters. The average Bonchev–Trinajstić information content (AvgIpc) is 2.81. The summed E-state index contributed by atoms with van der Waals surface area (Å²) in [4.78, 5) is 1.37. The fourth-order valence-corrected chi connectivity index (χ4v) is 2.84. The minimum absolute atomic E-state index is 0.405. The largest absolute Gasteiger partial charge is 0.330 e. The van der Waals surface area contributed by atoms with Gasteiger partial charge in [0.25, 0.3) is 0 Å². The number of halogens is 1. The lowest BCUT2D eigenvalue weighted by Crippen LogP contribution is -2.07. The Bertz CT molecular complexity index is 422. The van der Waals surface area contributed by atoms with E-state index in [1.807, 2.05) is 12.1 Å². The first-order chi connectivity index (χ1) is 7.81. The van der Waals surface area contributed by atoms with Crippen molar-refractivity contribution in [2.75, 3.05) is 6.54 Å². The summed E-state index contributed by atoms with van der Waals surface area (Å²) in [5.74, 6) is 0.405. The van der Waals surface area contributed by atoms with Gasteiger partial charge in [0, 0.05) is 15.8 Å². The molecule has 16 heavy (non-hydrogen) atoms. The molecule has 0 saturated heterocycles. The highest BCUT2D eigenvalue weighted by atomic mass is 35.5. The van der Waals surface area contributed by atoms with Gasteiger partial charge in [-0.25, -0.2) is 0 Å². The molecule has 3 heteroatoms. The number of hydrogen-bond donors (Lipinski definition) is 1. The Kier molecular flexibility index (Phi) is 3.99. The third kappa shape index (κ3) is 2.64. The molecule has 2 aromatic rings. The van der Waals surface area contributed by atoms with Gasteiger partial charge < -0.3 is 5.73 Å². The van der Waals surface area contributed by atoms with Crippen LogP contribution in [0.15, 0.2) is 41.8 Å². The summed E-state index contributed by atoms with van der Waals surface area (Å²) in [5, 5.41) is 2.89. The smallest absolute Gasteiger partial charge is 0.0406 e. The quantitative estimate of drug-likeness (QED) is 0.877. The molecule has 0 saturated carbocycles. The van der Waals surface area contributed by atoms with Crippen molar-refractivity contribution in [1.82, 2.24) is 0 Å². The molecule has 84 valence electrons. The fraction of sp³-hybridized carbons (Fsp3) is 0.231. The highest BCUT2D eigenvalue weighted by Gasteiger charge is 2.13. The van der Waals surface area contributed by atoms with Gasteiger partial charge in [-0.2, -0.15) is 0 Å². The van der Waals surface area contributed by atoms with Gasteiger partial charge >= 0.3 is 0 Å². The molecular weight excluding hydrogens is 238 g/mol. The molecule has 0 fully saturated rings. The van der Waals surface area contributed by atoms with E-state index in [2.05, 4.69) is 29.6 Å². The first-order valence-electron chi connectivity index (χ1n) is 5.30. The average molecular weight is 252 g/mol.